The van der Waals surface area contributed by atoms with Crippen LogP contribution >= 0.6 is 0 Å². The second-order valence-electron chi connectivity index (χ2n) is 2.56. The van der Waals surface area contributed by atoms with Crippen LogP contribution in [0.25, 0.3) is 0 Å². The van der Waals surface area contributed by atoms with E-state index in [4.69, 9.17) is 5.11 Å². The normalized spacial score (nSPS) is 15.2. The number of nitrogens with one attached hydrogen (secondary N) is 1. The minimum Gasteiger partial charge on any atom is -0.508 e. The van der Waals surface area contributed by atoms with Crippen molar-refractivity contribution in [1.29, 1.82) is 0 Å². The topological polar surface area (TPSA) is 32.3 Å². The van der Waals surface area contributed by atoms with Crippen LogP contribution in [-0.4, -0.2) is 5.11 Å². The molecule has 1 aliphatic heterocycles. The fraction of sp³-hybridized carbons (Fsp3) is 0.250. The molecule has 0 fully saturated rings. The van der Waals surface area contributed by atoms with Gasteiger partial charge in [-0.2, -0.15) is 0 Å². The molecular weight excluding hydrogens is 126 g/mol. The number of phenols is 1. The van der Waals surface area contributed by atoms with Crippen molar-refractivity contribution in [3.05, 3.63) is 29.3 Å². The zero-order valence-corrected chi connectivity index (χ0v) is 5.59. The van der Waals surface area contributed by atoms with Gasteiger partial charge in [-0.25, -0.2) is 0 Å². The lowest BCUT2D eigenvalue weighted by atomic mass is 10.1. The lowest BCUT2D eigenvalue weighted by Crippen LogP contribution is -1.99. The van der Waals surface area contributed by atoms with E-state index in [1.807, 2.05) is 12.1 Å². The van der Waals surface area contributed by atoms with Gasteiger partial charge in [0.25, 0.3) is 0 Å². The van der Waals surface area contributed by atoms with E-state index in [-0.39, 0.29) is 0 Å². The van der Waals surface area contributed by atoms with E-state index in [0.717, 1.165) is 13.1 Å². The molecule has 0 aromatic heterocycles. The molecule has 52 valence electrons. The Bertz CT molecular complexity index is 257. The molecule has 1 aromatic rings. The summed E-state index contributed by atoms with van der Waals surface area (Å²) in [6.45, 7) is 1.83. The molecule has 0 atom stereocenters. The Labute approximate surface area is 59.5 Å². The molecule has 0 radical (unpaired) electrons. The highest BCUT2D eigenvalue weighted by molar-refractivity contribution is 5.36. The summed E-state index contributed by atoms with van der Waals surface area (Å²) in [5.74, 6) is 0.363. The maximum Gasteiger partial charge on any atom is 0.115 e. The lowest BCUT2D eigenvalue weighted by Gasteiger charge is -1.96. The molecule has 0 aliphatic carbocycles. The van der Waals surface area contributed by atoms with Gasteiger partial charge in [0, 0.05) is 13.1 Å². The molecule has 1 aromatic carbocycles. The number of hydrogen-bond acceptors (Lipinski definition) is 2. The van der Waals surface area contributed by atoms with Gasteiger partial charge in [-0.05, 0) is 23.3 Å². The molecule has 2 nitrogen and oxygen atoms in total. The molecule has 0 unspecified atom stereocenters. The average Bonchev–Trinajstić information content (AvgIpc) is 2.33. The van der Waals surface area contributed by atoms with Crippen molar-refractivity contribution in [3.63, 3.8) is 0 Å². The molecule has 10 heavy (non-hydrogen) atoms. The summed E-state index contributed by atoms with van der Waals surface area (Å²) in [6.07, 6.45) is 0. The fourth-order valence-corrected chi connectivity index (χ4v) is 1.28. The third-order valence-electron chi connectivity index (χ3n) is 1.82. The minimum atomic E-state index is 0.363. The second kappa shape index (κ2) is 1.99. The standard InChI is InChI=1S/C8H9NO/c10-8-2-1-6-4-9-5-7(6)3-8/h1-3,9-10H,4-5H2. The first-order valence-corrected chi connectivity index (χ1v) is 3.38. The van der Waals surface area contributed by atoms with Crippen LogP contribution in [0.4, 0.5) is 0 Å². The van der Waals surface area contributed by atoms with Gasteiger partial charge >= 0.3 is 0 Å². The predicted octanol–water partition coefficient (Wildman–Crippen LogP) is 0.995. The third kappa shape index (κ3) is 0.772. The quantitative estimate of drug-likeness (QED) is 0.556. The van der Waals surface area contributed by atoms with Crippen LogP contribution < -0.4 is 5.32 Å². The maximum atomic E-state index is 9.07. The van der Waals surface area contributed by atoms with E-state index in [1.54, 1.807) is 6.07 Å². The van der Waals surface area contributed by atoms with Crippen molar-refractivity contribution in [2.75, 3.05) is 0 Å². The molecule has 1 heterocycles. The summed E-state index contributed by atoms with van der Waals surface area (Å²) in [7, 11) is 0. The molecular formula is C8H9NO. The summed E-state index contributed by atoms with van der Waals surface area (Å²) in [4.78, 5) is 0. The van der Waals surface area contributed by atoms with Gasteiger partial charge in [-0.15, -0.1) is 0 Å². The number of aromatic hydroxyl groups is 1. The van der Waals surface area contributed by atoms with E-state index in [1.165, 1.54) is 11.1 Å². The van der Waals surface area contributed by atoms with E-state index in [2.05, 4.69) is 5.32 Å². The summed E-state index contributed by atoms with van der Waals surface area (Å²) in [6, 6.07) is 5.51. The smallest absolute Gasteiger partial charge is 0.115 e. The van der Waals surface area contributed by atoms with Crippen LogP contribution in [0.2, 0.25) is 0 Å². The van der Waals surface area contributed by atoms with Gasteiger partial charge in [0.15, 0.2) is 0 Å². The Morgan fingerprint density at radius 1 is 1.20 bits per heavy atom. The van der Waals surface area contributed by atoms with E-state index in [9.17, 15) is 0 Å². The van der Waals surface area contributed by atoms with Gasteiger partial charge in [0.1, 0.15) is 5.75 Å². The van der Waals surface area contributed by atoms with Crippen LogP contribution in [0.5, 0.6) is 5.75 Å². The van der Waals surface area contributed by atoms with E-state index in [0.29, 0.717) is 5.75 Å². The molecule has 2 heteroatoms. The van der Waals surface area contributed by atoms with Crippen molar-refractivity contribution in [2.45, 2.75) is 13.1 Å². The first-order chi connectivity index (χ1) is 4.86. The first-order valence-electron chi connectivity index (χ1n) is 3.38. The summed E-state index contributed by atoms with van der Waals surface area (Å²) < 4.78 is 0. The average molecular weight is 135 g/mol. The number of hydrogen-bond donors (Lipinski definition) is 2. The zero-order chi connectivity index (χ0) is 6.97. The van der Waals surface area contributed by atoms with Crippen molar-refractivity contribution in [1.82, 2.24) is 5.32 Å². The van der Waals surface area contributed by atoms with Crippen LogP contribution in [0.1, 0.15) is 11.1 Å². The van der Waals surface area contributed by atoms with Crippen LogP contribution in [0, 0.1) is 0 Å². The number of benzene rings is 1. The summed E-state index contributed by atoms with van der Waals surface area (Å²) in [5.41, 5.74) is 2.53. The monoisotopic (exact) mass is 135 g/mol. The molecule has 0 bridgehead atoms. The van der Waals surface area contributed by atoms with Gasteiger partial charge in [-0.3, -0.25) is 0 Å². The van der Waals surface area contributed by atoms with E-state index >= 15 is 0 Å². The first kappa shape index (κ1) is 5.74. The number of phenolic OH excluding ortho intramolecular Hbond substituents is 1. The largest absolute Gasteiger partial charge is 0.508 e. The Kier molecular flexibility index (Phi) is 1.14. The van der Waals surface area contributed by atoms with Crippen molar-refractivity contribution >= 4 is 0 Å². The zero-order valence-electron chi connectivity index (χ0n) is 5.59. The highest BCUT2D eigenvalue weighted by Crippen LogP contribution is 2.19. The predicted molar refractivity (Wildman–Crippen MR) is 38.7 cm³/mol. The van der Waals surface area contributed by atoms with E-state index < -0.39 is 0 Å². The van der Waals surface area contributed by atoms with Gasteiger partial charge in [-0.1, -0.05) is 6.07 Å². The Hall–Kier alpha value is -1.02. The number of fused-ring (bicyclic) bond motifs is 1. The molecule has 0 amide bonds. The number of rotatable bonds is 0. The molecule has 0 spiro atoms. The van der Waals surface area contributed by atoms with Crippen LogP contribution in [-0.2, 0) is 13.1 Å². The van der Waals surface area contributed by atoms with Crippen LogP contribution in [0.15, 0.2) is 18.2 Å². The molecule has 2 N–H and O–H groups in total. The fourth-order valence-electron chi connectivity index (χ4n) is 1.28. The summed E-state index contributed by atoms with van der Waals surface area (Å²) >= 11 is 0. The second-order valence-corrected chi connectivity index (χ2v) is 2.56. The molecule has 0 saturated carbocycles. The lowest BCUT2D eigenvalue weighted by molar-refractivity contribution is 0.474. The molecule has 1 aliphatic rings. The maximum absolute atomic E-state index is 9.07. The van der Waals surface area contributed by atoms with Gasteiger partial charge < -0.3 is 10.4 Å². The highest BCUT2D eigenvalue weighted by Gasteiger charge is 2.08. The molecule has 0 saturated heterocycles. The van der Waals surface area contributed by atoms with Crippen molar-refractivity contribution in [3.8, 4) is 5.75 Å². The van der Waals surface area contributed by atoms with Crippen molar-refractivity contribution < 1.29 is 5.11 Å². The third-order valence-corrected chi connectivity index (χ3v) is 1.82. The Morgan fingerprint density at radius 2 is 2.00 bits per heavy atom. The Morgan fingerprint density at radius 3 is 2.90 bits per heavy atom. The van der Waals surface area contributed by atoms with Crippen molar-refractivity contribution in [2.24, 2.45) is 0 Å². The highest BCUT2D eigenvalue weighted by atomic mass is 16.3. The van der Waals surface area contributed by atoms with Crippen LogP contribution in [0.3, 0.4) is 0 Å². The summed E-state index contributed by atoms with van der Waals surface area (Å²) in [5, 5.41) is 12.3. The van der Waals surface area contributed by atoms with Gasteiger partial charge in [0.05, 0.1) is 0 Å². The Balaban J connectivity index is 2.52. The SMILES string of the molecule is Oc1ccc2c(c1)CNC2. The van der Waals surface area contributed by atoms with Gasteiger partial charge in [0.2, 0.25) is 0 Å². The molecule has 2 rings (SSSR count). The minimum absolute atomic E-state index is 0.363.